The Morgan fingerprint density at radius 3 is 1.61 bits per heavy atom. The summed E-state index contributed by atoms with van der Waals surface area (Å²) < 4.78 is 46.8. The van der Waals surface area contributed by atoms with Crippen LogP contribution >= 0.6 is 0 Å². The number of aromatic nitrogens is 1. The fourth-order valence-electron chi connectivity index (χ4n) is 5.77. The van der Waals surface area contributed by atoms with Gasteiger partial charge in [0.05, 0.1) is 29.0 Å². The molecule has 0 spiro atoms. The summed E-state index contributed by atoms with van der Waals surface area (Å²) in [5.41, 5.74) is 2.31. The first-order valence-electron chi connectivity index (χ1n) is 19.1. The average molecular weight is 776 g/mol. The van der Waals surface area contributed by atoms with Crippen LogP contribution in [0.15, 0.2) is 118 Å². The van der Waals surface area contributed by atoms with E-state index in [9.17, 15) is 4.79 Å². The minimum atomic E-state index is -0.375. The van der Waals surface area contributed by atoms with Crippen LogP contribution in [0.25, 0.3) is 22.6 Å². The van der Waals surface area contributed by atoms with Crippen molar-refractivity contribution in [2.24, 2.45) is 0 Å². The molecule has 2 saturated heterocycles. The quantitative estimate of drug-likeness (QED) is 0.0974. The first-order valence-corrected chi connectivity index (χ1v) is 19.1. The Balaban J connectivity index is 0.000000223. The molecule has 3 aromatic carbocycles. The summed E-state index contributed by atoms with van der Waals surface area (Å²) in [5, 5.41) is 8.97. The van der Waals surface area contributed by atoms with Crippen molar-refractivity contribution >= 4 is 25.3 Å². The van der Waals surface area contributed by atoms with E-state index in [0.717, 1.165) is 22.6 Å². The number of nitrogens with zero attached hydrogens (tertiary/aromatic N) is 1. The van der Waals surface area contributed by atoms with Crippen molar-refractivity contribution in [3.63, 3.8) is 0 Å². The van der Waals surface area contributed by atoms with E-state index in [0.29, 0.717) is 48.1 Å². The fourth-order valence-corrected chi connectivity index (χ4v) is 5.77. The van der Waals surface area contributed by atoms with Crippen molar-refractivity contribution < 1.29 is 42.4 Å². The zero-order valence-corrected chi connectivity index (χ0v) is 33.9. The van der Waals surface area contributed by atoms with Gasteiger partial charge in [0.1, 0.15) is 48.3 Å². The lowest BCUT2D eigenvalue weighted by molar-refractivity contribution is 0.00578. The maximum absolute atomic E-state index is 11.6. The van der Waals surface area contributed by atoms with Gasteiger partial charge >= 0.3 is 14.2 Å². The molecular weight excluding hydrogens is 724 g/mol. The Labute approximate surface area is 335 Å². The molecule has 0 aromatic heterocycles. The molecule has 0 radical (unpaired) electrons. The number of aliphatic hydroxyl groups excluding tert-OH is 1. The first-order chi connectivity index (χ1) is 27.0. The van der Waals surface area contributed by atoms with E-state index in [2.05, 4.69) is 4.98 Å². The van der Waals surface area contributed by atoms with Gasteiger partial charge in [0, 0.05) is 12.1 Å². The fraction of sp³-hybridized carbons (Fsp3) is 0.364. The third-order valence-electron chi connectivity index (χ3n) is 10.6. The van der Waals surface area contributed by atoms with Gasteiger partial charge in [-0.2, -0.15) is 0 Å². The van der Waals surface area contributed by atoms with Crippen LogP contribution in [0.5, 0.6) is 17.2 Å². The molecule has 2 fully saturated rings. The minimum absolute atomic E-state index is 0.0438. The van der Waals surface area contributed by atoms with E-state index in [1.54, 1.807) is 12.1 Å². The van der Waals surface area contributed by atoms with Gasteiger partial charge in [-0.15, -0.1) is 0 Å². The van der Waals surface area contributed by atoms with E-state index < -0.39 is 0 Å². The number of rotatable bonds is 12. The molecule has 0 unspecified atom stereocenters. The van der Waals surface area contributed by atoms with Gasteiger partial charge in [0.2, 0.25) is 0 Å². The normalized spacial score (nSPS) is 18.0. The van der Waals surface area contributed by atoms with Crippen molar-refractivity contribution in [1.82, 2.24) is 4.98 Å². The second kappa shape index (κ2) is 17.3. The molecule has 298 valence electrons. The van der Waals surface area contributed by atoms with E-state index in [4.69, 9.17) is 42.4 Å². The second-order valence-corrected chi connectivity index (χ2v) is 15.9. The summed E-state index contributed by atoms with van der Waals surface area (Å²) in [6, 6.07) is 25.2. The third kappa shape index (κ3) is 10.5. The predicted molar refractivity (Wildman–Crippen MR) is 221 cm³/mol. The van der Waals surface area contributed by atoms with Crippen molar-refractivity contribution in [2.45, 2.75) is 91.0 Å². The van der Waals surface area contributed by atoms with E-state index in [-0.39, 0.29) is 48.7 Å². The van der Waals surface area contributed by atoms with Crippen molar-refractivity contribution in [1.29, 1.82) is 0 Å². The van der Waals surface area contributed by atoms with Gasteiger partial charge in [-0.1, -0.05) is 48.4 Å². The monoisotopic (exact) mass is 775 g/mol. The molecule has 7 rings (SSSR count). The largest absolute Gasteiger partial charge is 0.490 e. The second-order valence-electron chi connectivity index (χ2n) is 15.9. The van der Waals surface area contributed by atoms with Gasteiger partial charge in [-0.05, 0) is 115 Å². The summed E-state index contributed by atoms with van der Waals surface area (Å²) in [4.78, 5) is 16.1. The molecule has 3 heterocycles. The Bertz CT molecular complexity index is 2160. The Morgan fingerprint density at radius 1 is 0.614 bits per heavy atom. The van der Waals surface area contributed by atoms with E-state index in [1.807, 2.05) is 140 Å². The first kappa shape index (κ1) is 41.7. The van der Waals surface area contributed by atoms with Gasteiger partial charge < -0.3 is 42.4 Å². The minimum Gasteiger partial charge on any atom is -0.490 e. The van der Waals surface area contributed by atoms with Gasteiger partial charge in [-0.3, -0.25) is 4.79 Å². The smallest absolute Gasteiger partial charge is 0.486 e. The van der Waals surface area contributed by atoms with Crippen LogP contribution in [-0.4, -0.2) is 59.9 Å². The highest BCUT2D eigenvalue weighted by Gasteiger charge is 2.50. The van der Waals surface area contributed by atoms with Crippen LogP contribution in [0.2, 0.25) is 0 Å². The summed E-state index contributed by atoms with van der Waals surface area (Å²) in [6.07, 6.45) is 3.79. The maximum atomic E-state index is 11.6. The number of ether oxygens (including phenoxy) is 3. The highest BCUT2D eigenvalue weighted by atomic mass is 16.7. The molecule has 3 aromatic rings. The molecule has 0 bridgehead atoms. The van der Waals surface area contributed by atoms with Crippen LogP contribution in [0.1, 0.15) is 66.5 Å². The number of hydrogen-bond acceptors (Lipinski definition) is 11. The Morgan fingerprint density at radius 2 is 1.11 bits per heavy atom. The van der Waals surface area contributed by atoms with Crippen LogP contribution in [0.3, 0.4) is 0 Å². The van der Waals surface area contributed by atoms with Crippen molar-refractivity contribution in [3.05, 3.63) is 130 Å². The van der Waals surface area contributed by atoms with Crippen LogP contribution in [0.4, 0.5) is 0 Å². The molecule has 57 heavy (non-hydrogen) atoms. The SMILES string of the molecule is CC1(C)OB(/C=C/COc2ccc(CO)cc2)OC1(C)C.CC1(C)OB(/C=C/COc2ccc(COc3ccc4nc5ccc(=O)cc-5oc4c3)cc2)OC1(C)C. The molecule has 0 saturated carbocycles. The van der Waals surface area contributed by atoms with Gasteiger partial charge in [0.15, 0.2) is 16.8 Å². The number of aliphatic hydroxyl groups is 1. The molecule has 1 N–H and O–H groups in total. The topological polar surface area (TPSA) is 128 Å². The lowest BCUT2D eigenvalue weighted by atomic mass is 9.90. The number of hydrogen-bond donors (Lipinski definition) is 1. The van der Waals surface area contributed by atoms with Crippen molar-refractivity contribution in [3.8, 4) is 28.7 Å². The maximum Gasteiger partial charge on any atom is 0.486 e. The van der Waals surface area contributed by atoms with Crippen LogP contribution in [-0.2, 0) is 31.8 Å². The van der Waals surface area contributed by atoms with Gasteiger partial charge in [0.25, 0.3) is 0 Å². The van der Waals surface area contributed by atoms with E-state index >= 15 is 0 Å². The highest BCUT2D eigenvalue weighted by molar-refractivity contribution is 6.52. The molecule has 0 atom stereocenters. The molecule has 3 aliphatic heterocycles. The van der Waals surface area contributed by atoms with Gasteiger partial charge in [-0.25, -0.2) is 4.98 Å². The van der Waals surface area contributed by atoms with Crippen molar-refractivity contribution in [2.75, 3.05) is 13.2 Å². The molecule has 1 aliphatic carbocycles. The molecule has 11 nitrogen and oxygen atoms in total. The molecule has 0 amide bonds. The number of benzene rings is 4. The lowest BCUT2D eigenvalue weighted by Crippen LogP contribution is -2.41. The molecule has 4 aliphatic rings. The van der Waals surface area contributed by atoms with Crippen LogP contribution < -0.4 is 19.6 Å². The van der Waals surface area contributed by atoms with E-state index in [1.165, 1.54) is 12.1 Å². The van der Waals surface area contributed by atoms with Crippen LogP contribution in [0, 0.1) is 0 Å². The summed E-state index contributed by atoms with van der Waals surface area (Å²) >= 11 is 0. The molecular formula is C44H51B2NO10. The lowest BCUT2D eigenvalue weighted by Gasteiger charge is -2.32. The Hall–Kier alpha value is -4.91. The zero-order chi connectivity index (χ0) is 40.8. The summed E-state index contributed by atoms with van der Waals surface area (Å²) in [6.45, 7) is 17.5. The summed E-state index contributed by atoms with van der Waals surface area (Å²) in [7, 11) is -0.713. The average Bonchev–Trinajstić information content (AvgIpc) is 3.52. The zero-order valence-electron chi connectivity index (χ0n) is 33.9. The highest BCUT2D eigenvalue weighted by Crippen LogP contribution is 2.38. The summed E-state index contributed by atoms with van der Waals surface area (Å²) in [5.74, 6) is 6.39. The third-order valence-corrected chi connectivity index (χ3v) is 10.6. The number of fused-ring (bicyclic) bond motifs is 2. The molecule has 13 heteroatoms. The standard InChI is InChI=1S/C28H28BNO6.C16H23BO4/c1-27(2)28(3,4)36-29(35-27)14-5-15-32-21-9-6-19(7-10-21)18-33-22-11-13-24-26(17-22)34-25-16-20(31)8-12-23(25)30-24;1-15(2)16(3,4)21-17(20-15)10-5-11-19-14-8-6-13(12-18)7-9-14/h5-14,16-17H,15,18H2,1-4H3;5-10,18H,11-12H2,1-4H3/b14-5+;10-5+. The Kier molecular flexibility index (Phi) is 12.7. The predicted octanol–water partition coefficient (Wildman–Crippen LogP) is 8.18.